The Balaban J connectivity index is 1.49. The number of para-hydroxylation sites is 1. The predicted octanol–water partition coefficient (Wildman–Crippen LogP) is 4.23. The molecular weight excluding hydrogens is 464 g/mol. The highest BCUT2D eigenvalue weighted by molar-refractivity contribution is 7.92. The number of carbonyl (C=O) groups is 2. The third-order valence-corrected chi connectivity index (χ3v) is 7.61. The van der Waals surface area contributed by atoms with Crippen molar-refractivity contribution >= 4 is 27.6 Å². The molecule has 1 N–H and O–H groups in total. The maximum absolute atomic E-state index is 13.1. The average Bonchev–Trinajstić information content (AvgIpc) is 2.84. The fourth-order valence-electron chi connectivity index (χ4n) is 4.16. The summed E-state index contributed by atoms with van der Waals surface area (Å²) in [5.74, 6) is -1.07. The van der Waals surface area contributed by atoms with Crippen LogP contribution in [0, 0.1) is 13.8 Å². The molecule has 0 saturated carbocycles. The molecule has 0 radical (unpaired) electrons. The standard InChI is InChI=1S/C27H28N2O5S/c1-18-12-13-19(2)25(16-18)35(32,33)28-24-11-7-6-10-23(24)27(31)34-20(3)26(30)29-15-14-21-8-4-5-9-22(21)17-29/h4-13,16,20,28H,14-15,17H2,1-3H3. The van der Waals surface area contributed by atoms with Crippen LogP contribution in [0.25, 0.3) is 0 Å². The molecule has 0 saturated heterocycles. The van der Waals surface area contributed by atoms with Crippen LogP contribution in [0.1, 0.15) is 39.5 Å². The van der Waals surface area contributed by atoms with Gasteiger partial charge in [-0.3, -0.25) is 9.52 Å². The average molecular weight is 493 g/mol. The molecule has 0 aromatic heterocycles. The number of benzene rings is 3. The Hall–Kier alpha value is -3.65. The summed E-state index contributed by atoms with van der Waals surface area (Å²) < 4.78 is 34.1. The SMILES string of the molecule is Cc1ccc(C)c(S(=O)(=O)Nc2ccccc2C(=O)OC(C)C(=O)N2CCc3ccccc3C2)c1. The van der Waals surface area contributed by atoms with Crippen molar-refractivity contribution in [1.29, 1.82) is 0 Å². The van der Waals surface area contributed by atoms with E-state index < -0.39 is 22.1 Å². The van der Waals surface area contributed by atoms with Gasteiger partial charge in [-0.1, -0.05) is 48.5 Å². The first kappa shape index (κ1) is 24.5. The normalized spacial score (nSPS) is 14.1. The smallest absolute Gasteiger partial charge is 0.341 e. The molecular formula is C27H28N2O5S. The molecule has 0 fully saturated rings. The topological polar surface area (TPSA) is 92.8 Å². The van der Waals surface area contributed by atoms with Gasteiger partial charge in [-0.2, -0.15) is 0 Å². The first-order valence-electron chi connectivity index (χ1n) is 11.4. The molecule has 1 heterocycles. The van der Waals surface area contributed by atoms with E-state index in [4.69, 9.17) is 4.74 Å². The second kappa shape index (κ2) is 9.92. The zero-order valence-electron chi connectivity index (χ0n) is 19.9. The lowest BCUT2D eigenvalue weighted by atomic mass is 9.99. The van der Waals surface area contributed by atoms with Crippen LogP contribution < -0.4 is 4.72 Å². The van der Waals surface area contributed by atoms with E-state index in [1.807, 2.05) is 31.2 Å². The molecule has 35 heavy (non-hydrogen) atoms. The van der Waals surface area contributed by atoms with Crippen LogP contribution in [-0.4, -0.2) is 37.8 Å². The van der Waals surface area contributed by atoms with Crippen molar-refractivity contribution in [2.45, 2.75) is 44.7 Å². The van der Waals surface area contributed by atoms with Gasteiger partial charge >= 0.3 is 5.97 Å². The molecule has 7 nitrogen and oxygen atoms in total. The minimum Gasteiger partial charge on any atom is -0.449 e. The zero-order chi connectivity index (χ0) is 25.2. The van der Waals surface area contributed by atoms with Crippen molar-refractivity contribution in [2.75, 3.05) is 11.3 Å². The van der Waals surface area contributed by atoms with Crippen molar-refractivity contribution < 1.29 is 22.7 Å². The number of nitrogens with zero attached hydrogens (tertiary/aromatic N) is 1. The van der Waals surface area contributed by atoms with Gasteiger partial charge < -0.3 is 9.64 Å². The van der Waals surface area contributed by atoms with Crippen LogP contribution in [0.4, 0.5) is 5.69 Å². The quantitative estimate of drug-likeness (QED) is 0.520. The number of carbonyl (C=O) groups excluding carboxylic acids is 2. The fraction of sp³-hybridized carbons (Fsp3) is 0.259. The highest BCUT2D eigenvalue weighted by atomic mass is 32.2. The molecule has 1 amide bonds. The number of nitrogens with one attached hydrogen (secondary N) is 1. The van der Waals surface area contributed by atoms with Crippen LogP contribution in [0.15, 0.2) is 71.6 Å². The summed E-state index contributed by atoms with van der Waals surface area (Å²) in [6, 6.07) is 19.3. The van der Waals surface area contributed by atoms with Gasteiger partial charge in [-0.15, -0.1) is 0 Å². The summed E-state index contributed by atoms with van der Waals surface area (Å²) in [6.07, 6.45) is -0.276. The molecule has 3 aromatic rings. The molecule has 1 aliphatic heterocycles. The maximum Gasteiger partial charge on any atom is 0.341 e. The number of hydrogen-bond donors (Lipinski definition) is 1. The molecule has 8 heteroatoms. The van der Waals surface area contributed by atoms with E-state index in [0.717, 1.165) is 17.5 Å². The summed E-state index contributed by atoms with van der Waals surface area (Å²) in [5.41, 5.74) is 3.81. The summed E-state index contributed by atoms with van der Waals surface area (Å²) >= 11 is 0. The Morgan fingerprint density at radius 3 is 2.43 bits per heavy atom. The molecule has 1 atom stereocenters. The highest BCUT2D eigenvalue weighted by Gasteiger charge is 2.28. The van der Waals surface area contributed by atoms with Gasteiger partial charge in [0.05, 0.1) is 16.1 Å². The number of aryl methyl sites for hydroxylation is 2. The van der Waals surface area contributed by atoms with E-state index in [1.165, 1.54) is 24.6 Å². The molecule has 0 bridgehead atoms. The first-order valence-corrected chi connectivity index (χ1v) is 12.9. The Kier molecular flexibility index (Phi) is 6.93. The van der Waals surface area contributed by atoms with E-state index >= 15 is 0 Å². The largest absolute Gasteiger partial charge is 0.449 e. The highest BCUT2D eigenvalue weighted by Crippen LogP contribution is 2.25. The molecule has 3 aromatic carbocycles. The van der Waals surface area contributed by atoms with Gasteiger partial charge in [-0.25, -0.2) is 13.2 Å². The third kappa shape index (κ3) is 5.38. The van der Waals surface area contributed by atoms with Gasteiger partial charge in [-0.05, 0) is 67.6 Å². The van der Waals surface area contributed by atoms with Crippen LogP contribution in [0.5, 0.6) is 0 Å². The Bertz CT molecular complexity index is 1380. The fourth-order valence-corrected chi connectivity index (χ4v) is 5.57. The zero-order valence-corrected chi connectivity index (χ0v) is 20.8. The maximum atomic E-state index is 13.1. The number of sulfonamides is 1. The second-order valence-corrected chi connectivity index (χ2v) is 10.4. The van der Waals surface area contributed by atoms with E-state index in [2.05, 4.69) is 10.8 Å². The van der Waals surface area contributed by atoms with Gasteiger partial charge in [0.2, 0.25) is 0 Å². The van der Waals surface area contributed by atoms with Crippen molar-refractivity contribution in [3.05, 3.63) is 94.5 Å². The Morgan fingerprint density at radius 1 is 0.971 bits per heavy atom. The Labute approximate surface area is 205 Å². The van der Waals surface area contributed by atoms with E-state index in [-0.39, 0.29) is 22.1 Å². The minimum absolute atomic E-state index is 0.0324. The molecule has 1 unspecified atom stereocenters. The summed E-state index contributed by atoms with van der Waals surface area (Å²) in [4.78, 5) is 27.8. The number of amides is 1. The number of fused-ring (bicyclic) bond motifs is 1. The lowest BCUT2D eigenvalue weighted by molar-refractivity contribution is -0.140. The van der Waals surface area contributed by atoms with Crippen LogP contribution in [0.3, 0.4) is 0 Å². The lowest BCUT2D eigenvalue weighted by Gasteiger charge is -2.30. The predicted molar refractivity (Wildman–Crippen MR) is 134 cm³/mol. The van der Waals surface area contributed by atoms with Crippen molar-refractivity contribution in [1.82, 2.24) is 4.90 Å². The van der Waals surface area contributed by atoms with Gasteiger partial charge in [0, 0.05) is 13.1 Å². The molecule has 0 aliphatic carbocycles. The molecule has 1 aliphatic rings. The van der Waals surface area contributed by atoms with E-state index in [1.54, 1.807) is 36.1 Å². The summed E-state index contributed by atoms with van der Waals surface area (Å²) in [5, 5.41) is 0. The summed E-state index contributed by atoms with van der Waals surface area (Å²) in [7, 11) is -3.95. The van der Waals surface area contributed by atoms with E-state index in [9.17, 15) is 18.0 Å². The van der Waals surface area contributed by atoms with Crippen molar-refractivity contribution in [3.8, 4) is 0 Å². The second-order valence-electron chi connectivity index (χ2n) is 8.75. The van der Waals surface area contributed by atoms with Crippen molar-refractivity contribution in [3.63, 3.8) is 0 Å². The summed E-state index contributed by atoms with van der Waals surface area (Å²) in [6.45, 7) is 6.06. The van der Waals surface area contributed by atoms with Gasteiger partial charge in [0.15, 0.2) is 6.10 Å². The van der Waals surface area contributed by atoms with Crippen LogP contribution in [0.2, 0.25) is 0 Å². The number of esters is 1. The number of hydrogen-bond acceptors (Lipinski definition) is 5. The van der Waals surface area contributed by atoms with Gasteiger partial charge in [0.1, 0.15) is 0 Å². The van der Waals surface area contributed by atoms with Crippen LogP contribution >= 0.6 is 0 Å². The van der Waals surface area contributed by atoms with E-state index in [0.29, 0.717) is 18.7 Å². The number of ether oxygens (including phenoxy) is 1. The first-order chi connectivity index (χ1) is 16.7. The Morgan fingerprint density at radius 2 is 1.66 bits per heavy atom. The van der Waals surface area contributed by atoms with Crippen molar-refractivity contribution in [2.24, 2.45) is 0 Å². The van der Waals surface area contributed by atoms with Crippen LogP contribution in [-0.2, 0) is 32.5 Å². The molecule has 4 rings (SSSR count). The molecule has 0 spiro atoms. The number of rotatable bonds is 6. The van der Waals surface area contributed by atoms with Gasteiger partial charge in [0.25, 0.3) is 15.9 Å². The third-order valence-electron chi connectivity index (χ3n) is 6.10. The minimum atomic E-state index is -3.95. The monoisotopic (exact) mass is 492 g/mol. The lowest BCUT2D eigenvalue weighted by Crippen LogP contribution is -2.42. The number of anilines is 1. The molecule has 182 valence electrons.